The number of hydrogen-bond donors (Lipinski definition) is 2. The minimum atomic E-state index is -0.716. The molecule has 1 saturated carbocycles. The quantitative estimate of drug-likeness (QED) is 0.783. The fraction of sp³-hybridized carbons (Fsp3) is 0.786. The largest absolute Gasteiger partial charge is 0.317 e. The van der Waals surface area contributed by atoms with Gasteiger partial charge in [-0.25, -0.2) is 0 Å². The molecule has 3 N–H and O–H groups in total. The van der Waals surface area contributed by atoms with Crippen LogP contribution in [0.1, 0.15) is 63.3 Å². The molecule has 120 valence electrons. The van der Waals surface area contributed by atoms with Crippen molar-refractivity contribution >= 4 is 34.8 Å². The van der Waals surface area contributed by atoms with Crippen molar-refractivity contribution in [2.24, 2.45) is 5.73 Å². The van der Waals surface area contributed by atoms with E-state index in [2.05, 4.69) is 22.4 Å². The van der Waals surface area contributed by atoms with Gasteiger partial charge in [-0.2, -0.15) is 0 Å². The van der Waals surface area contributed by atoms with Gasteiger partial charge in [0.25, 0.3) is 0 Å². The lowest BCUT2D eigenvalue weighted by Crippen LogP contribution is -2.52. The fourth-order valence-electron chi connectivity index (χ4n) is 2.56. The molecule has 7 heteroatoms. The molecule has 0 spiro atoms. The number of nitrogens with zero attached hydrogens (tertiary/aromatic N) is 2. The first-order valence-corrected chi connectivity index (χ1v) is 8.38. The highest BCUT2D eigenvalue weighted by atomic mass is 35.5. The maximum absolute atomic E-state index is 12.3. The van der Waals surface area contributed by atoms with Crippen LogP contribution in [0.25, 0.3) is 0 Å². The van der Waals surface area contributed by atoms with E-state index in [-0.39, 0.29) is 18.3 Å². The molecule has 1 aromatic rings. The van der Waals surface area contributed by atoms with Crippen LogP contribution in [0.3, 0.4) is 0 Å². The number of anilines is 1. The maximum atomic E-state index is 12.3. The molecule has 1 aromatic heterocycles. The SMILES string of the molecule is CCCCCc1nnc(NC(=O)C2(N)CCCCC2)s1.Cl. The lowest BCUT2D eigenvalue weighted by molar-refractivity contribution is -0.122. The highest BCUT2D eigenvalue weighted by Gasteiger charge is 2.35. The van der Waals surface area contributed by atoms with Gasteiger partial charge in [-0.15, -0.1) is 22.6 Å². The van der Waals surface area contributed by atoms with Crippen molar-refractivity contribution in [3.05, 3.63) is 5.01 Å². The first-order chi connectivity index (χ1) is 9.64. The van der Waals surface area contributed by atoms with Crippen LogP contribution in [-0.4, -0.2) is 21.6 Å². The Morgan fingerprint density at radius 2 is 2.00 bits per heavy atom. The molecule has 0 aromatic carbocycles. The molecular weight excluding hydrogens is 308 g/mol. The number of carbonyl (C=O) groups excluding carboxylic acids is 1. The summed E-state index contributed by atoms with van der Waals surface area (Å²) < 4.78 is 0. The van der Waals surface area contributed by atoms with Gasteiger partial charge in [0, 0.05) is 6.42 Å². The summed E-state index contributed by atoms with van der Waals surface area (Å²) in [5, 5.41) is 12.6. The molecule has 1 amide bonds. The topological polar surface area (TPSA) is 80.9 Å². The molecule has 21 heavy (non-hydrogen) atoms. The molecule has 1 aliphatic carbocycles. The first kappa shape index (κ1) is 18.3. The van der Waals surface area contributed by atoms with Crippen molar-refractivity contribution < 1.29 is 4.79 Å². The number of carbonyl (C=O) groups is 1. The van der Waals surface area contributed by atoms with Crippen LogP contribution in [0.15, 0.2) is 0 Å². The van der Waals surface area contributed by atoms with Crippen LogP contribution in [0.4, 0.5) is 5.13 Å². The van der Waals surface area contributed by atoms with Crippen molar-refractivity contribution in [2.45, 2.75) is 70.3 Å². The lowest BCUT2D eigenvalue weighted by Gasteiger charge is -2.31. The number of hydrogen-bond acceptors (Lipinski definition) is 5. The van der Waals surface area contributed by atoms with E-state index in [9.17, 15) is 4.79 Å². The second kappa shape index (κ2) is 8.66. The molecule has 0 radical (unpaired) electrons. The molecule has 0 atom stereocenters. The summed E-state index contributed by atoms with van der Waals surface area (Å²) in [4.78, 5) is 12.3. The molecule has 1 fully saturated rings. The van der Waals surface area contributed by atoms with Crippen LogP contribution >= 0.6 is 23.7 Å². The van der Waals surface area contributed by atoms with Gasteiger partial charge in [-0.1, -0.05) is 50.4 Å². The van der Waals surface area contributed by atoms with Gasteiger partial charge in [0.2, 0.25) is 11.0 Å². The Hall–Kier alpha value is -0.720. The van der Waals surface area contributed by atoms with E-state index in [0.717, 1.165) is 43.5 Å². The number of aromatic nitrogens is 2. The number of rotatable bonds is 6. The number of aryl methyl sites for hydroxylation is 1. The molecule has 1 heterocycles. The maximum Gasteiger partial charge on any atom is 0.246 e. The molecular formula is C14H25ClN4OS. The van der Waals surface area contributed by atoms with Gasteiger partial charge < -0.3 is 5.73 Å². The van der Waals surface area contributed by atoms with Crippen LogP contribution in [0.5, 0.6) is 0 Å². The minimum Gasteiger partial charge on any atom is -0.317 e. The summed E-state index contributed by atoms with van der Waals surface area (Å²) in [5.74, 6) is -0.103. The first-order valence-electron chi connectivity index (χ1n) is 7.57. The second-order valence-corrected chi connectivity index (χ2v) is 6.69. The van der Waals surface area contributed by atoms with Crippen molar-refractivity contribution in [1.82, 2.24) is 10.2 Å². The number of halogens is 1. The lowest BCUT2D eigenvalue weighted by atomic mass is 9.82. The van der Waals surface area contributed by atoms with Crippen molar-refractivity contribution in [2.75, 3.05) is 5.32 Å². The number of unbranched alkanes of at least 4 members (excludes halogenated alkanes) is 2. The van der Waals surface area contributed by atoms with Crippen LogP contribution in [0, 0.1) is 0 Å². The minimum absolute atomic E-state index is 0. The van der Waals surface area contributed by atoms with Gasteiger partial charge in [-0.3, -0.25) is 10.1 Å². The van der Waals surface area contributed by atoms with Crippen LogP contribution in [-0.2, 0) is 11.2 Å². The van der Waals surface area contributed by atoms with Crippen molar-refractivity contribution in [3.8, 4) is 0 Å². The molecule has 2 rings (SSSR count). The zero-order valence-corrected chi connectivity index (χ0v) is 14.2. The summed E-state index contributed by atoms with van der Waals surface area (Å²) in [6.07, 6.45) is 9.22. The Labute approximate surface area is 136 Å². The summed E-state index contributed by atoms with van der Waals surface area (Å²) in [7, 11) is 0. The Morgan fingerprint density at radius 1 is 1.29 bits per heavy atom. The van der Waals surface area contributed by atoms with Gasteiger partial charge in [0.1, 0.15) is 5.01 Å². The Kier molecular flexibility index (Phi) is 7.56. The van der Waals surface area contributed by atoms with E-state index in [0.29, 0.717) is 5.13 Å². The molecule has 1 aliphatic rings. The third-order valence-electron chi connectivity index (χ3n) is 3.88. The summed E-state index contributed by atoms with van der Waals surface area (Å²) in [5.41, 5.74) is 5.48. The third kappa shape index (κ3) is 5.20. The molecule has 0 bridgehead atoms. The normalized spacial score (nSPS) is 17.0. The van der Waals surface area contributed by atoms with E-state index in [1.807, 2.05) is 0 Å². The van der Waals surface area contributed by atoms with Crippen molar-refractivity contribution in [1.29, 1.82) is 0 Å². The Morgan fingerprint density at radius 3 is 2.67 bits per heavy atom. The van der Waals surface area contributed by atoms with E-state index in [4.69, 9.17) is 5.73 Å². The van der Waals surface area contributed by atoms with E-state index < -0.39 is 5.54 Å². The van der Waals surface area contributed by atoms with Gasteiger partial charge in [0.05, 0.1) is 5.54 Å². The zero-order valence-electron chi connectivity index (χ0n) is 12.6. The van der Waals surface area contributed by atoms with Crippen LogP contribution < -0.4 is 11.1 Å². The summed E-state index contributed by atoms with van der Waals surface area (Å²) >= 11 is 1.46. The van der Waals surface area contributed by atoms with E-state index in [1.54, 1.807) is 0 Å². The number of amides is 1. The monoisotopic (exact) mass is 332 g/mol. The highest BCUT2D eigenvalue weighted by molar-refractivity contribution is 7.15. The summed E-state index contributed by atoms with van der Waals surface area (Å²) in [6.45, 7) is 2.18. The third-order valence-corrected chi connectivity index (χ3v) is 4.78. The standard InChI is InChI=1S/C14H24N4OS.ClH/c1-2-3-5-8-11-17-18-13(20-11)16-12(19)14(15)9-6-4-7-10-14;/h2-10,15H2,1H3,(H,16,18,19);1H. The van der Waals surface area contributed by atoms with Crippen molar-refractivity contribution in [3.63, 3.8) is 0 Å². The fourth-order valence-corrected chi connectivity index (χ4v) is 3.34. The van der Waals surface area contributed by atoms with Crippen LogP contribution in [0.2, 0.25) is 0 Å². The number of nitrogens with one attached hydrogen (secondary N) is 1. The average Bonchev–Trinajstić information content (AvgIpc) is 2.87. The smallest absolute Gasteiger partial charge is 0.246 e. The van der Waals surface area contributed by atoms with Gasteiger partial charge >= 0.3 is 0 Å². The Bertz CT molecular complexity index is 446. The average molecular weight is 333 g/mol. The Balaban J connectivity index is 0.00000220. The predicted molar refractivity (Wildman–Crippen MR) is 89.0 cm³/mol. The molecule has 0 unspecified atom stereocenters. The predicted octanol–water partition coefficient (Wildman–Crippen LogP) is 3.29. The van der Waals surface area contributed by atoms with E-state index in [1.165, 1.54) is 30.6 Å². The zero-order chi connectivity index (χ0) is 14.4. The van der Waals surface area contributed by atoms with Gasteiger partial charge in [-0.05, 0) is 19.3 Å². The molecule has 0 saturated heterocycles. The molecule has 0 aliphatic heterocycles. The highest BCUT2D eigenvalue weighted by Crippen LogP contribution is 2.27. The van der Waals surface area contributed by atoms with Gasteiger partial charge in [0.15, 0.2) is 0 Å². The number of nitrogens with two attached hydrogens (primary N) is 1. The summed E-state index contributed by atoms with van der Waals surface area (Å²) in [6, 6.07) is 0. The van der Waals surface area contributed by atoms with E-state index >= 15 is 0 Å². The molecule has 5 nitrogen and oxygen atoms in total. The second-order valence-electron chi connectivity index (χ2n) is 5.63.